The first-order valence-electron chi connectivity index (χ1n) is 27.0. The Labute approximate surface area is 452 Å². The number of halogens is 3. The highest BCUT2D eigenvalue weighted by Gasteiger charge is 2.31. The first-order valence-corrected chi connectivity index (χ1v) is 27.0. The van der Waals surface area contributed by atoms with Crippen LogP contribution in [-0.4, -0.2) is 89.4 Å². The van der Waals surface area contributed by atoms with Gasteiger partial charge in [-0.1, -0.05) is 78.7 Å². The molecular weight excluding hydrogens is 954 g/mol. The lowest BCUT2D eigenvalue weighted by Gasteiger charge is -2.29. The van der Waals surface area contributed by atoms with E-state index in [0.717, 1.165) is 61.2 Å². The van der Waals surface area contributed by atoms with Gasteiger partial charge in [-0.05, 0) is 183 Å². The number of hydrogen-bond donors (Lipinski definition) is 0. The number of hydrogen-bond acceptors (Lipinski definition) is 9. The van der Waals surface area contributed by atoms with Gasteiger partial charge in [0.05, 0.1) is 75.2 Å². The number of pyridine rings is 2. The van der Waals surface area contributed by atoms with Gasteiger partial charge in [0.1, 0.15) is 0 Å². The summed E-state index contributed by atoms with van der Waals surface area (Å²) in [6.07, 6.45) is 9.01. The predicted molar refractivity (Wildman–Crippen MR) is 302 cm³/mol. The molecule has 0 spiro atoms. The van der Waals surface area contributed by atoms with Gasteiger partial charge in [-0.3, -0.25) is 9.97 Å². The summed E-state index contributed by atoms with van der Waals surface area (Å²) in [4.78, 5) is 10.7. The Balaban J connectivity index is 0.000000451. The summed E-state index contributed by atoms with van der Waals surface area (Å²) < 4.78 is 70.7. The molecule has 0 amide bonds. The fourth-order valence-corrected chi connectivity index (χ4v) is 6.35. The van der Waals surface area contributed by atoms with Gasteiger partial charge in [0.15, 0.2) is 0 Å². The molecule has 422 valence electrons. The second-order valence-electron chi connectivity index (χ2n) is 20.5. The van der Waals surface area contributed by atoms with E-state index in [2.05, 4.69) is 117 Å². The summed E-state index contributed by atoms with van der Waals surface area (Å²) in [6.45, 7) is 37.7. The second-order valence-corrected chi connectivity index (χ2v) is 20.5. The maximum Gasteiger partial charge on any atom is 0.417 e. The van der Waals surface area contributed by atoms with Gasteiger partial charge in [0.2, 0.25) is 0 Å². The summed E-state index contributed by atoms with van der Waals surface area (Å²) in [5, 5.41) is 0. The molecule has 0 aliphatic carbocycles. The molecule has 1 saturated heterocycles. The third-order valence-corrected chi connectivity index (χ3v) is 10.9. The van der Waals surface area contributed by atoms with Gasteiger partial charge in [-0.25, -0.2) is 0 Å². The van der Waals surface area contributed by atoms with Crippen molar-refractivity contribution in [3.05, 3.63) is 154 Å². The standard InChI is InChI=1S/C11H17NO.2C11H16O.C10H14F3NO.C10H21NO.C9H13NO/c1-4-11-6-5-10(7-12-11)8-13-9(2)3;2*1-9(2)12-8-11-6-4-10(3)5-7-11;1-8(2)15-6-5-14-4-3-9(7-14)10(11,12)13;1-9(2)12-8-10-4-6-11(3)7-5-10;1-8(2)11-7-9-4-3-5-10-6-9/h5-7,9H,4,8H2,1-3H3;2*4-7,9H,8H2,1-3H3;3-4,7-8H,5-6H2,1-2H3;9-10H,4-8H2,1-3H3;3-6,8H,7H2,1-2H3. The van der Waals surface area contributed by atoms with Gasteiger partial charge < -0.3 is 37.9 Å². The van der Waals surface area contributed by atoms with Crippen molar-refractivity contribution >= 4 is 0 Å². The molecule has 0 atom stereocenters. The zero-order valence-corrected chi connectivity index (χ0v) is 48.8. The number of benzene rings is 2. The number of alkyl halides is 3. The number of aryl methyl sites for hydroxylation is 3. The molecule has 3 aromatic heterocycles. The SMILES string of the molecule is CC(C)OCC1CCN(C)CC1.CC(C)OCCn1ccc(C(F)(F)F)c1.CC(C)OCc1cccnc1.CCc1ccc(COC(C)C)cn1.Cc1ccc(COC(C)C)cc1.Cc1ccc(COC(C)C)cc1. The third-order valence-electron chi connectivity index (χ3n) is 10.9. The molecule has 75 heavy (non-hydrogen) atoms. The topological polar surface area (TPSA) is 89.3 Å². The van der Waals surface area contributed by atoms with Crippen LogP contribution < -0.4 is 0 Å². The molecule has 0 bridgehead atoms. The van der Waals surface area contributed by atoms with Crippen LogP contribution in [0.5, 0.6) is 0 Å². The molecule has 1 aliphatic heterocycles. The molecule has 5 aromatic rings. The Kier molecular flexibility index (Phi) is 36.4. The minimum atomic E-state index is -4.26. The maximum absolute atomic E-state index is 12.2. The van der Waals surface area contributed by atoms with Crippen molar-refractivity contribution in [2.45, 2.75) is 199 Å². The number of nitrogens with zero attached hydrogens (tertiary/aromatic N) is 4. The van der Waals surface area contributed by atoms with Crippen LogP contribution in [0.1, 0.15) is 147 Å². The molecule has 0 N–H and O–H groups in total. The van der Waals surface area contributed by atoms with Crippen LogP contribution >= 0.6 is 0 Å². The van der Waals surface area contributed by atoms with Gasteiger partial charge >= 0.3 is 6.18 Å². The van der Waals surface area contributed by atoms with Crippen molar-refractivity contribution in [1.82, 2.24) is 19.4 Å². The highest BCUT2D eigenvalue weighted by molar-refractivity contribution is 5.21. The van der Waals surface area contributed by atoms with Crippen LogP contribution in [0.4, 0.5) is 13.2 Å². The van der Waals surface area contributed by atoms with Crippen molar-refractivity contribution in [1.29, 1.82) is 0 Å². The first kappa shape index (κ1) is 68.5. The smallest absolute Gasteiger partial charge is 0.379 e. The average molecular weight is 1050 g/mol. The van der Waals surface area contributed by atoms with E-state index in [0.29, 0.717) is 44.7 Å². The van der Waals surface area contributed by atoms with E-state index >= 15 is 0 Å². The quantitative estimate of drug-likeness (QED) is 0.0756. The average Bonchev–Trinajstić information content (AvgIpc) is 3.86. The van der Waals surface area contributed by atoms with E-state index < -0.39 is 11.7 Å². The van der Waals surface area contributed by atoms with E-state index in [1.807, 2.05) is 93.8 Å². The van der Waals surface area contributed by atoms with Crippen molar-refractivity contribution in [3.8, 4) is 0 Å². The molecule has 1 fully saturated rings. The molecule has 0 unspecified atom stereocenters. The van der Waals surface area contributed by atoms with Crippen LogP contribution in [0.15, 0.2) is 110 Å². The van der Waals surface area contributed by atoms with Crippen LogP contribution in [0.25, 0.3) is 0 Å². The number of rotatable bonds is 20. The zero-order chi connectivity index (χ0) is 56.2. The third kappa shape index (κ3) is 37.8. The van der Waals surface area contributed by atoms with Crippen LogP contribution in [0, 0.1) is 19.8 Å². The first-order chi connectivity index (χ1) is 35.4. The molecular formula is C62H97F3N4O6. The molecule has 0 saturated carbocycles. The summed E-state index contributed by atoms with van der Waals surface area (Å²) in [7, 11) is 2.19. The minimum absolute atomic E-state index is 0.0997. The maximum atomic E-state index is 12.2. The molecule has 6 rings (SSSR count). The van der Waals surface area contributed by atoms with E-state index in [1.165, 1.54) is 58.9 Å². The van der Waals surface area contributed by atoms with E-state index in [4.69, 9.17) is 28.4 Å². The van der Waals surface area contributed by atoms with Gasteiger partial charge in [0.25, 0.3) is 0 Å². The number of likely N-dealkylation sites (tertiary alicyclic amines) is 1. The molecule has 10 nitrogen and oxygen atoms in total. The Morgan fingerprint density at radius 2 is 1.00 bits per heavy atom. The lowest BCUT2D eigenvalue weighted by molar-refractivity contribution is -0.137. The second kappa shape index (κ2) is 39.8. The monoisotopic (exact) mass is 1050 g/mol. The Morgan fingerprint density at radius 1 is 0.560 bits per heavy atom. The van der Waals surface area contributed by atoms with Crippen molar-refractivity contribution in [2.24, 2.45) is 5.92 Å². The fraction of sp³-hybridized carbons (Fsp3) is 0.581. The van der Waals surface area contributed by atoms with Crippen molar-refractivity contribution < 1.29 is 41.6 Å². The van der Waals surface area contributed by atoms with E-state index in [9.17, 15) is 13.2 Å². The molecule has 0 radical (unpaired) electrons. The van der Waals surface area contributed by atoms with Gasteiger partial charge in [-0.15, -0.1) is 0 Å². The van der Waals surface area contributed by atoms with Crippen molar-refractivity contribution in [3.63, 3.8) is 0 Å². The summed E-state index contributed by atoms with van der Waals surface area (Å²) in [5.41, 5.74) is 7.86. The lowest BCUT2D eigenvalue weighted by Crippen LogP contribution is -2.32. The summed E-state index contributed by atoms with van der Waals surface area (Å²) in [6, 6.07) is 26.0. The van der Waals surface area contributed by atoms with Gasteiger partial charge in [-0.2, -0.15) is 13.2 Å². The number of ether oxygens (including phenoxy) is 6. The normalized spacial score (nSPS) is 12.8. The predicted octanol–water partition coefficient (Wildman–Crippen LogP) is 15.1. The lowest BCUT2D eigenvalue weighted by atomic mass is 9.98. The van der Waals surface area contributed by atoms with Crippen LogP contribution in [0.3, 0.4) is 0 Å². The number of aromatic nitrogens is 3. The fourth-order valence-electron chi connectivity index (χ4n) is 6.35. The Morgan fingerprint density at radius 3 is 1.37 bits per heavy atom. The Bertz CT molecular complexity index is 2030. The summed E-state index contributed by atoms with van der Waals surface area (Å²) >= 11 is 0. The van der Waals surface area contributed by atoms with Crippen molar-refractivity contribution in [2.75, 3.05) is 33.4 Å². The number of piperidine rings is 1. The van der Waals surface area contributed by atoms with Gasteiger partial charge in [0, 0.05) is 49.8 Å². The zero-order valence-electron chi connectivity index (χ0n) is 48.8. The molecule has 4 heterocycles. The largest absolute Gasteiger partial charge is 0.417 e. The highest BCUT2D eigenvalue weighted by atomic mass is 19.4. The molecule has 1 aliphatic rings. The van der Waals surface area contributed by atoms with Crippen LogP contribution in [-0.2, 0) is 74.0 Å². The summed E-state index contributed by atoms with van der Waals surface area (Å²) in [5.74, 6) is 0.809. The minimum Gasteiger partial charge on any atom is -0.379 e. The molecule has 2 aromatic carbocycles. The van der Waals surface area contributed by atoms with Crippen LogP contribution in [0.2, 0.25) is 0 Å². The molecule has 13 heteroatoms. The van der Waals surface area contributed by atoms with E-state index in [-0.39, 0.29) is 18.3 Å². The highest BCUT2D eigenvalue weighted by Crippen LogP contribution is 2.29. The Hall–Kier alpha value is -4.47. The van der Waals surface area contributed by atoms with E-state index in [1.54, 1.807) is 6.20 Å².